The Morgan fingerprint density at radius 3 is 2.77 bits per heavy atom. The van der Waals surface area contributed by atoms with Gasteiger partial charge in [-0.05, 0) is 6.07 Å². The van der Waals surface area contributed by atoms with Crippen LogP contribution in [0.25, 0.3) is 0 Å². The molecule has 0 saturated heterocycles. The number of hydrogen-bond acceptors (Lipinski definition) is 5. The summed E-state index contributed by atoms with van der Waals surface area (Å²) in [5.74, 6) is 0. The average Bonchev–Trinajstić information content (AvgIpc) is 2.22. The van der Waals surface area contributed by atoms with E-state index < -0.39 is 0 Å². The van der Waals surface area contributed by atoms with Gasteiger partial charge in [0.15, 0.2) is 0 Å². The van der Waals surface area contributed by atoms with Crippen molar-refractivity contribution >= 4 is 6.21 Å². The van der Waals surface area contributed by atoms with Crippen LogP contribution < -0.4 is 4.74 Å². The van der Waals surface area contributed by atoms with Gasteiger partial charge >= 0.3 is 6.01 Å². The van der Waals surface area contributed by atoms with Gasteiger partial charge < -0.3 is 9.94 Å². The molecule has 0 atom stereocenters. The SMILES string of the molecule is CC.COc1nccc(/C=N\O)n1. The highest BCUT2D eigenvalue weighted by molar-refractivity contribution is 5.76. The lowest BCUT2D eigenvalue weighted by molar-refractivity contribution is 0.321. The average molecular weight is 183 g/mol. The van der Waals surface area contributed by atoms with Gasteiger partial charge in [0.25, 0.3) is 0 Å². The van der Waals surface area contributed by atoms with E-state index >= 15 is 0 Å². The van der Waals surface area contributed by atoms with E-state index in [0.29, 0.717) is 5.69 Å². The smallest absolute Gasteiger partial charge is 0.316 e. The van der Waals surface area contributed by atoms with Crippen LogP contribution >= 0.6 is 0 Å². The summed E-state index contributed by atoms with van der Waals surface area (Å²) in [5.41, 5.74) is 0.499. The van der Waals surface area contributed by atoms with Crippen molar-refractivity contribution in [3.63, 3.8) is 0 Å². The monoisotopic (exact) mass is 183 g/mol. The van der Waals surface area contributed by atoms with Gasteiger partial charge in [-0.3, -0.25) is 0 Å². The van der Waals surface area contributed by atoms with Crippen molar-refractivity contribution < 1.29 is 9.94 Å². The molecule has 0 aliphatic carbocycles. The summed E-state index contributed by atoms with van der Waals surface area (Å²) >= 11 is 0. The number of rotatable bonds is 2. The third-order valence-corrected chi connectivity index (χ3v) is 1.03. The predicted octanol–water partition coefficient (Wildman–Crippen LogP) is 1.32. The van der Waals surface area contributed by atoms with Crippen LogP contribution in [-0.2, 0) is 0 Å². The normalized spacial score (nSPS) is 9.15. The minimum atomic E-state index is 0.252. The summed E-state index contributed by atoms with van der Waals surface area (Å²) in [4.78, 5) is 7.60. The Morgan fingerprint density at radius 1 is 1.54 bits per heavy atom. The molecule has 0 aliphatic heterocycles. The van der Waals surface area contributed by atoms with Crippen molar-refractivity contribution in [3.05, 3.63) is 18.0 Å². The van der Waals surface area contributed by atoms with Crippen molar-refractivity contribution in [2.24, 2.45) is 5.16 Å². The first-order valence-electron chi connectivity index (χ1n) is 3.91. The zero-order valence-electron chi connectivity index (χ0n) is 7.93. The van der Waals surface area contributed by atoms with Crippen LogP contribution in [0.1, 0.15) is 19.5 Å². The van der Waals surface area contributed by atoms with Crippen LogP contribution in [0.2, 0.25) is 0 Å². The van der Waals surface area contributed by atoms with Crippen LogP contribution in [0.4, 0.5) is 0 Å². The molecule has 0 spiro atoms. The van der Waals surface area contributed by atoms with E-state index in [0.717, 1.165) is 0 Å². The molecule has 0 amide bonds. The molecule has 72 valence electrons. The van der Waals surface area contributed by atoms with Gasteiger partial charge in [-0.1, -0.05) is 19.0 Å². The molecule has 5 nitrogen and oxygen atoms in total. The molecule has 5 heteroatoms. The number of oxime groups is 1. The number of aromatic nitrogens is 2. The molecule has 0 aliphatic rings. The zero-order chi connectivity index (χ0) is 10.1. The molecule has 0 radical (unpaired) electrons. The maximum absolute atomic E-state index is 8.15. The van der Waals surface area contributed by atoms with Crippen molar-refractivity contribution in [1.82, 2.24) is 9.97 Å². The maximum Gasteiger partial charge on any atom is 0.316 e. The highest BCUT2D eigenvalue weighted by Gasteiger charge is 1.94. The Balaban J connectivity index is 0.000000671. The highest BCUT2D eigenvalue weighted by Crippen LogP contribution is 1.98. The summed E-state index contributed by atoms with van der Waals surface area (Å²) in [6.07, 6.45) is 2.72. The minimum absolute atomic E-state index is 0.252. The summed E-state index contributed by atoms with van der Waals surface area (Å²) in [6.45, 7) is 4.00. The van der Waals surface area contributed by atoms with Gasteiger partial charge in [0.05, 0.1) is 19.0 Å². The number of nitrogens with zero attached hydrogens (tertiary/aromatic N) is 3. The molecule has 0 unspecified atom stereocenters. The van der Waals surface area contributed by atoms with Gasteiger partial charge in [-0.2, -0.15) is 4.98 Å². The Labute approximate surface area is 77.1 Å². The van der Waals surface area contributed by atoms with E-state index in [1.54, 1.807) is 6.07 Å². The van der Waals surface area contributed by atoms with Gasteiger partial charge in [0, 0.05) is 6.20 Å². The fourth-order valence-corrected chi connectivity index (χ4v) is 0.583. The maximum atomic E-state index is 8.15. The summed E-state index contributed by atoms with van der Waals surface area (Å²) in [6, 6.07) is 1.85. The van der Waals surface area contributed by atoms with Crippen LogP contribution in [0.15, 0.2) is 17.4 Å². The molecule has 0 fully saturated rings. The third kappa shape index (κ3) is 4.05. The minimum Gasteiger partial charge on any atom is -0.467 e. The highest BCUT2D eigenvalue weighted by atomic mass is 16.5. The molecule has 0 saturated carbocycles. The fourth-order valence-electron chi connectivity index (χ4n) is 0.583. The number of methoxy groups -OCH3 is 1. The van der Waals surface area contributed by atoms with Gasteiger partial charge in [0.2, 0.25) is 0 Å². The third-order valence-electron chi connectivity index (χ3n) is 1.03. The molecular weight excluding hydrogens is 170 g/mol. The second kappa shape index (κ2) is 7.02. The predicted molar refractivity (Wildman–Crippen MR) is 49.3 cm³/mol. The van der Waals surface area contributed by atoms with Crippen LogP contribution in [0.5, 0.6) is 6.01 Å². The second-order valence-corrected chi connectivity index (χ2v) is 1.71. The lowest BCUT2D eigenvalue weighted by Gasteiger charge is -1.95. The largest absolute Gasteiger partial charge is 0.467 e. The molecule has 13 heavy (non-hydrogen) atoms. The topological polar surface area (TPSA) is 67.6 Å². The molecule has 1 aromatic rings. The van der Waals surface area contributed by atoms with E-state index in [9.17, 15) is 0 Å². The standard InChI is InChI=1S/C6H7N3O2.C2H6/c1-11-6-7-3-2-5(9-6)4-8-10;1-2/h2-4,10H,1H3;1-2H3/b8-4-;. The van der Waals surface area contributed by atoms with Crippen molar-refractivity contribution in [2.45, 2.75) is 13.8 Å². The van der Waals surface area contributed by atoms with E-state index in [1.165, 1.54) is 19.5 Å². The molecule has 0 aromatic carbocycles. The van der Waals surface area contributed by atoms with Gasteiger partial charge in [0.1, 0.15) is 0 Å². The number of ether oxygens (including phenoxy) is 1. The van der Waals surface area contributed by atoms with Crippen molar-refractivity contribution in [2.75, 3.05) is 7.11 Å². The second-order valence-electron chi connectivity index (χ2n) is 1.71. The number of hydrogen-bond donors (Lipinski definition) is 1. The summed E-state index contributed by atoms with van der Waals surface area (Å²) in [5, 5.41) is 11.0. The van der Waals surface area contributed by atoms with E-state index in [4.69, 9.17) is 9.94 Å². The van der Waals surface area contributed by atoms with Crippen LogP contribution in [0, 0.1) is 0 Å². The Kier molecular flexibility index (Phi) is 6.13. The summed E-state index contributed by atoms with van der Waals surface area (Å²) < 4.78 is 4.74. The molecular formula is C8H13N3O2. The molecule has 1 rings (SSSR count). The lowest BCUT2D eigenvalue weighted by Crippen LogP contribution is -1.94. The first-order chi connectivity index (χ1) is 6.36. The zero-order valence-corrected chi connectivity index (χ0v) is 7.93. The quantitative estimate of drug-likeness (QED) is 0.426. The van der Waals surface area contributed by atoms with Crippen LogP contribution in [0.3, 0.4) is 0 Å². The van der Waals surface area contributed by atoms with E-state index in [1.807, 2.05) is 13.8 Å². The van der Waals surface area contributed by atoms with Crippen LogP contribution in [-0.4, -0.2) is 28.5 Å². The summed E-state index contributed by atoms with van der Waals surface area (Å²) in [7, 11) is 1.47. The molecule has 1 N–H and O–H groups in total. The lowest BCUT2D eigenvalue weighted by atomic mass is 10.4. The van der Waals surface area contributed by atoms with Gasteiger partial charge in [-0.15, -0.1) is 0 Å². The van der Waals surface area contributed by atoms with E-state index in [2.05, 4.69) is 15.1 Å². The Hall–Kier alpha value is -1.65. The first-order valence-corrected chi connectivity index (χ1v) is 3.91. The Morgan fingerprint density at radius 2 is 2.23 bits per heavy atom. The molecule has 0 bridgehead atoms. The van der Waals surface area contributed by atoms with Crippen molar-refractivity contribution in [1.29, 1.82) is 0 Å². The molecule has 1 heterocycles. The Bertz CT molecular complexity index is 263. The fraction of sp³-hybridized carbons (Fsp3) is 0.375. The van der Waals surface area contributed by atoms with Gasteiger partial charge in [-0.25, -0.2) is 4.98 Å². The van der Waals surface area contributed by atoms with E-state index in [-0.39, 0.29) is 6.01 Å². The molecule has 1 aromatic heterocycles. The first kappa shape index (κ1) is 11.4. The van der Waals surface area contributed by atoms with Crippen molar-refractivity contribution in [3.8, 4) is 6.01 Å².